The van der Waals surface area contributed by atoms with Crippen molar-refractivity contribution >= 4 is 61.5 Å². The first-order valence-electron chi connectivity index (χ1n) is 12.2. The quantitative estimate of drug-likeness (QED) is 0.188. The normalized spacial score (nSPS) is 11.4. The molecule has 184 valence electrons. The molecule has 3 aromatic carbocycles. The number of para-hydroxylation sites is 1. The van der Waals surface area contributed by atoms with Crippen molar-refractivity contribution in [2.24, 2.45) is 0 Å². The van der Waals surface area contributed by atoms with E-state index in [2.05, 4.69) is 44.5 Å². The summed E-state index contributed by atoms with van der Waals surface area (Å²) in [6, 6.07) is 22.6. The highest BCUT2D eigenvalue weighted by Gasteiger charge is 2.17. The molecule has 0 aliphatic carbocycles. The fourth-order valence-corrected chi connectivity index (χ4v) is 4.84. The van der Waals surface area contributed by atoms with Gasteiger partial charge in [0.1, 0.15) is 11.3 Å². The zero-order valence-corrected chi connectivity index (χ0v) is 21.1. The number of nitrogens with two attached hydrogens (primary N) is 1. The molecule has 2 heterocycles. The van der Waals surface area contributed by atoms with Crippen LogP contribution in [0.5, 0.6) is 0 Å². The minimum atomic E-state index is 0.465. The molecule has 5 rings (SSSR count). The maximum Gasteiger partial charge on any atom is 0.170 e. The second-order valence-corrected chi connectivity index (χ2v) is 9.16. The van der Waals surface area contributed by atoms with Crippen molar-refractivity contribution in [3.05, 3.63) is 72.6 Å². The van der Waals surface area contributed by atoms with Crippen LogP contribution in [0.15, 0.2) is 66.7 Å². The Morgan fingerprint density at radius 3 is 2.61 bits per heavy atom. The van der Waals surface area contributed by atoms with E-state index in [4.69, 9.17) is 27.7 Å². The van der Waals surface area contributed by atoms with Crippen LogP contribution < -0.4 is 16.4 Å². The summed E-state index contributed by atoms with van der Waals surface area (Å²) in [7, 11) is 1.71. The van der Waals surface area contributed by atoms with Crippen molar-refractivity contribution in [2.75, 3.05) is 31.3 Å². The van der Waals surface area contributed by atoms with Gasteiger partial charge in [0.15, 0.2) is 10.9 Å². The van der Waals surface area contributed by atoms with Gasteiger partial charge in [-0.25, -0.2) is 9.97 Å². The predicted molar refractivity (Wildman–Crippen MR) is 152 cm³/mol. The first kappa shape index (κ1) is 24.0. The van der Waals surface area contributed by atoms with Gasteiger partial charge in [0.05, 0.1) is 17.6 Å². The summed E-state index contributed by atoms with van der Waals surface area (Å²) in [6.45, 7) is 2.21. The van der Waals surface area contributed by atoms with E-state index in [0.717, 1.165) is 71.2 Å². The van der Waals surface area contributed by atoms with Gasteiger partial charge in [-0.1, -0.05) is 54.6 Å². The number of hydrogen-bond donors (Lipinski definition) is 3. The molecule has 36 heavy (non-hydrogen) atoms. The lowest BCUT2D eigenvalue weighted by atomic mass is 10.1. The largest absolute Gasteiger partial charge is 0.384 e. The van der Waals surface area contributed by atoms with E-state index >= 15 is 0 Å². The Hall–Kier alpha value is -3.75. The number of nitrogens with zero attached hydrogens (tertiary/aromatic N) is 3. The lowest BCUT2D eigenvalue weighted by Crippen LogP contribution is -2.29. The number of aromatic nitrogens is 3. The van der Waals surface area contributed by atoms with Crippen LogP contribution in [0.3, 0.4) is 0 Å². The third-order valence-electron chi connectivity index (χ3n) is 6.35. The predicted octanol–water partition coefficient (Wildman–Crippen LogP) is 5.28. The number of fused-ring (bicyclic) bond motifs is 4. The first-order valence-corrected chi connectivity index (χ1v) is 12.6. The number of aryl methyl sites for hydroxylation is 1. The van der Waals surface area contributed by atoms with Crippen LogP contribution in [0.1, 0.15) is 18.7 Å². The maximum absolute atomic E-state index is 6.29. The number of pyridine rings is 1. The summed E-state index contributed by atoms with van der Waals surface area (Å²) in [4.78, 5) is 9.41. The monoisotopic (exact) mass is 498 g/mol. The Morgan fingerprint density at radius 2 is 1.75 bits per heavy atom. The number of anilines is 2. The topological polar surface area (TPSA) is 90.0 Å². The minimum absolute atomic E-state index is 0.465. The standard InChI is InChI=1S/C28H30N6OS/c1-35-18-15-24-33-25-26(21-12-4-5-13-23(21)31-27(25)29)34(24)17-7-6-16-30-28(36)32-22-14-8-10-19-9-2-3-11-20(19)22/h2-5,8-14H,6-7,15-18H2,1H3,(H2,29,31)(H2,30,32,36). The van der Waals surface area contributed by atoms with Crippen LogP contribution in [-0.4, -0.2) is 39.9 Å². The number of nitrogens with one attached hydrogen (secondary N) is 2. The Kier molecular flexibility index (Phi) is 7.25. The van der Waals surface area contributed by atoms with Crippen molar-refractivity contribution < 1.29 is 4.74 Å². The fourth-order valence-electron chi connectivity index (χ4n) is 4.63. The maximum atomic E-state index is 6.29. The Morgan fingerprint density at radius 1 is 0.972 bits per heavy atom. The molecular formula is C28H30N6OS. The highest BCUT2D eigenvalue weighted by molar-refractivity contribution is 7.80. The minimum Gasteiger partial charge on any atom is -0.384 e. The zero-order valence-electron chi connectivity index (χ0n) is 20.3. The number of rotatable bonds is 9. The van der Waals surface area contributed by atoms with E-state index in [9.17, 15) is 0 Å². The number of methoxy groups -OCH3 is 1. The summed E-state index contributed by atoms with van der Waals surface area (Å²) in [5.41, 5.74) is 9.99. The number of hydrogen-bond acceptors (Lipinski definition) is 5. The second kappa shape index (κ2) is 10.9. The molecule has 0 aliphatic heterocycles. The third kappa shape index (κ3) is 4.96. The SMILES string of the molecule is COCCc1nc2c(N)nc3ccccc3c2n1CCCCNC(=S)Nc1cccc2ccccc12. The van der Waals surface area contributed by atoms with Gasteiger partial charge < -0.3 is 25.7 Å². The van der Waals surface area contributed by atoms with Crippen molar-refractivity contribution in [1.29, 1.82) is 0 Å². The number of imidazole rings is 1. The van der Waals surface area contributed by atoms with Crippen LogP contribution in [-0.2, 0) is 17.7 Å². The van der Waals surface area contributed by atoms with Gasteiger partial charge in [-0.2, -0.15) is 0 Å². The second-order valence-electron chi connectivity index (χ2n) is 8.75. The highest BCUT2D eigenvalue weighted by Crippen LogP contribution is 2.29. The van der Waals surface area contributed by atoms with E-state index in [1.807, 2.05) is 42.5 Å². The molecule has 0 saturated carbocycles. The van der Waals surface area contributed by atoms with Crippen molar-refractivity contribution in [3.63, 3.8) is 0 Å². The number of nitrogen functional groups attached to an aromatic ring is 1. The van der Waals surface area contributed by atoms with Gasteiger partial charge in [0, 0.05) is 43.1 Å². The molecule has 2 aromatic heterocycles. The first-order chi connectivity index (χ1) is 17.7. The summed E-state index contributed by atoms with van der Waals surface area (Å²) in [6.07, 6.45) is 2.64. The van der Waals surface area contributed by atoms with E-state index in [-0.39, 0.29) is 0 Å². The summed E-state index contributed by atoms with van der Waals surface area (Å²) in [5.74, 6) is 1.44. The van der Waals surface area contributed by atoms with E-state index in [1.54, 1.807) is 7.11 Å². The molecule has 7 nitrogen and oxygen atoms in total. The van der Waals surface area contributed by atoms with Crippen LogP contribution in [0, 0.1) is 0 Å². The number of unbranched alkanes of at least 4 members (excludes halogenated alkanes) is 1. The third-order valence-corrected chi connectivity index (χ3v) is 6.60. The average molecular weight is 499 g/mol. The van der Waals surface area contributed by atoms with Gasteiger partial charge in [0.25, 0.3) is 0 Å². The molecule has 0 atom stereocenters. The Balaban J connectivity index is 1.25. The van der Waals surface area contributed by atoms with Gasteiger partial charge in [-0.05, 0) is 42.6 Å². The molecule has 0 unspecified atom stereocenters. The van der Waals surface area contributed by atoms with Crippen molar-refractivity contribution in [1.82, 2.24) is 19.9 Å². The van der Waals surface area contributed by atoms with Crippen molar-refractivity contribution in [2.45, 2.75) is 25.8 Å². The highest BCUT2D eigenvalue weighted by atomic mass is 32.1. The lowest BCUT2D eigenvalue weighted by molar-refractivity contribution is 0.199. The van der Waals surface area contributed by atoms with E-state index < -0.39 is 0 Å². The molecule has 0 fully saturated rings. The molecule has 0 bridgehead atoms. The molecule has 4 N–H and O–H groups in total. The molecule has 0 aliphatic rings. The number of ether oxygens (including phenoxy) is 1. The molecule has 0 radical (unpaired) electrons. The van der Waals surface area contributed by atoms with Gasteiger partial charge in [0.2, 0.25) is 0 Å². The van der Waals surface area contributed by atoms with Gasteiger partial charge in [-0.3, -0.25) is 0 Å². The number of benzene rings is 3. The van der Waals surface area contributed by atoms with Crippen LogP contribution in [0.2, 0.25) is 0 Å². The average Bonchev–Trinajstić information content (AvgIpc) is 3.27. The summed E-state index contributed by atoms with van der Waals surface area (Å²) >= 11 is 5.56. The molecule has 5 aromatic rings. The van der Waals surface area contributed by atoms with Crippen molar-refractivity contribution in [3.8, 4) is 0 Å². The Bertz CT molecular complexity index is 1520. The number of thiocarbonyl (C=S) groups is 1. The smallest absolute Gasteiger partial charge is 0.170 e. The summed E-state index contributed by atoms with van der Waals surface area (Å²) in [5, 5.41) is 10.7. The molecule has 0 amide bonds. The van der Waals surface area contributed by atoms with Gasteiger partial charge in [-0.15, -0.1) is 0 Å². The lowest BCUT2D eigenvalue weighted by Gasteiger charge is -2.13. The molecule has 0 saturated heterocycles. The molecular weight excluding hydrogens is 468 g/mol. The molecule has 0 spiro atoms. The summed E-state index contributed by atoms with van der Waals surface area (Å²) < 4.78 is 7.61. The van der Waals surface area contributed by atoms with Gasteiger partial charge >= 0.3 is 0 Å². The van der Waals surface area contributed by atoms with E-state index in [0.29, 0.717) is 17.5 Å². The zero-order chi connectivity index (χ0) is 24.9. The molecule has 8 heteroatoms. The van der Waals surface area contributed by atoms with Crippen LogP contribution in [0.25, 0.3) is 32.7 Å². The Labute approximate surface area is 215 Å². The van der Waals surface area contributed by atoms with Crippen LogP contribution >= 0.6 is 12.2 Å². The van der Waals surface area contributed by atoms with E-state index in [1.165, 1.54) is 5.39 Å². The van der Waals surface area contributed by atoms with Crippen LogP contribution in [0.4, 0.5) is 11.5 Å². The fraction of sp³-hybridized carbons (Fsp3) is 0.250.